The molecule has 1 aromatic heterocycles. The first-order valence-corrected chi connectivity index (χ1v) is 12.9. The Bertz CT molecular complexity index is 1550. The standard InChI is InChI=1S/C31H32N2O7/c1-20-18-33(30(36)32-29(20)35)28-17-26(34)27(40-28)19-39-31(21-7-5-4-6-8-21,22-9-13-24(37-2)14-10-22)23-11-15-25(38-3)16-12-23/h4-16,18,26-28,34H,17,19H2,1-3H3,(H,32,35,36)/t26-,27+,28+/m0/s1/i26D. The molecule has 4 aromatic rings. The van der Waals surface area contributed by atoms with Gasteiger partial charge in [0.15, 0.2) is 0 Å². The Balaban J connectivity index is 1.57. The molecule has 0 saturated carbocycles. The average Bonchev–Trinajstić information content (AvgIpc) is 3.30. The predicted molar refractivity (Wildman–Crippen MR) is 149 cm³/mol. The van der Waals surface area contributed by atoms with Crippen LogP contribution in [0.2, 0.25) is 0 Å². The van der Waals surface area contributed by atoms with E-state index < -0.39 is 35.3 Å². The van der Waals surface area contributed by atoms with Gasteiger partial charge in [-0.1, -0.05) is 54.6 Å². The molecule has 3 atom stereocenters. The Hall–Kier alpha value is -4.18. The van der Waals surface area contributed by atoms with Crippen molar-refractivity contribution in [3.05, 3.63) is 128 Å². The summed E-state index contributed by atoms with van der Waals surface area (Å²) in [6.45, 7) is 1.37. The number of nitrogens with one attached hydrogen (secondary N) is 1. The summed E-state index contributed by atoms with van der Waals surface area (Å²) in [5, 5.41) is 11.1. The van der Waals surface area contributed by atoms with Gasteiger partial charge in [-0.2, -0.15) is 0 Å². The van der Waals surface area contributed by atoms with E-state index >= 15 is 0 Å². The van der Waals surface area contributed by atoms with Crippen molar-refractivity contribution in [2.45, 2.75) is 37.4 Å². The van der Waals surface area contributed by atoms with E-state index in [1.54, 1.807) is 21.1 Å². The van der Waals surface area contributed by atoms with E-state index in [0.717, 1.165) is 16.7 Å². The molecule has 40 heavy (non-hydrogen) atoms. The van der Waals surface area contributed by atoms with Gasteiger partial charge in [0, 0.05) is 18.2 Å². The Morgan fingerprint density at radius 2 is 1.50 bits per heavy atom. The van der Waals surface area contributed by atoms with Crippen molar-refractivity contribution < 1.29 is 25.4 Å². The molecule has 0 bridgehead atoms. The van der Waals surface area contributed by atoms with Crippen LogP contribution in [0.1, 0.15) is 36.3 Å². The molecule has 0 spiro atoms. The van der Waals surface area contributed by atoms with Crippen molar-refractivity contribution in [1.29, 1.82) is 0 Å². The summed E-state index contributed by atoms with van der Waals surface area (Å²) in [7, 11) is 3.19. The van der Waals surface area contributed by atoms with E-state index in [-0.39, 0.29) is 13.0 Å². The molecule has 0 aliphatic carbocycles. The normalized spacial score (nSPS) is 21.1. The number of ether oxygens (including phenoxy) is 4. The summed E-state index contributed by atoms with van der Waals surface area (Å²) in [5.74, 6) is 1.35. The molecule has 1 fully saturated rings. The van der Waals surface area contributed by atoms with Crippen LogP contribution in [-0.4, -0.2) is 47.7 Å². The third kappa shape index (κ3) is 5.19. The zero-order valence-electron chi connectivity index (χ0n) is 23.5. The zero-order valence-corrected chi connectivity index (χ0v) is 22.5. The zero-order chi connectivity index (χ0) is 29.2. The predicted octanol–water partition coefficient (Wildman–Crippen LogP) is 3.52. The van der Waals surface area contributed by atoms with Gasteiger partial charge in [0.2, 0.25) is 0 Å². The van der Waals surface area contributed by atoms with E-state index in [1.165, 1.54) is 10.8 Å². The van der Waals surface area contributed by atoms with Gasteiger partial charge in [-0.25, -0.2) is 4.79 Å². The molecule has 0 radical (unpaired) electrons. The summed E-state index contributed by atoms with van der Waals surface area (Å²) in [4.78, 5) is 26.6. The lowest BCUT2D eigenvalue weighted by molar-refractivity contribution is -0.0944. The van der Waals surface area contributed by atoms with Crippen LogP contribution in [0.5, 0.6) is 11.5 Å². The van der Waals surface area contributed by atoms with Crippen LogP contribution in [-0.2, 0) is 15.1 Å². The number of aromatic nitrogens is 2. The number of aryl methyl sites for hydroxylation is 1. The first kappa shape index (κ1) is 26.1. The number of methoxy groups -OCH3 is 2. The maximum absolute atomic E-state index is 12.5. The van der Waals surface area contributed by atoms with Crippen molar-refractivity contribution >= 4 is 0 Å². The molecule has 0 amide bonds. The van der Waals surface area contributed by atoms with Crippen LogP contribution < -0.4 is 20.7 Å². The van der Waals surface area contributed by atoms with Crippen LogP contribution in [0.4, 0.5) is 0 Å². The molecule has 3 aromatic carbocycles. The summed E-state index contributed by atoms with van der Waals surface area (Å²) in [6.07, 6.45) is -2.99. The van der Waals surface area contributed by atoms with E-state index in [4.69, 9.17) is 20.3 Å². The van der Waals surface area contributed by atoms with Crippen molar-refractivity contribution in [1.82, 2.24) is 9.55 Å². The van der Waals surface area contributed by atoms with Crippen molar-refractivity contribution in [3.8, 4) is 11.5 Å². The molecular formula is C31H32N2O7. The van der Waals surface area contributed by atoms with E-state index in [1.807, 2.05) is 78.9 Å². The Kier molecular flexibility index (Phi) is 7.50. The SMILES string of the molecule is [2H][C@]1(O)C[C@H](n2cc(C)c(=O)[nH]c2=O)O[C@@H]1COC(c1ccccc1)(c1ccc(OC)cc1)c1ccc(OC)cc1. The summed E-state index contributed by atoms with van der Waals surface area (Å²) in [5.41, 5.74) is 0.322. The van der Waals surface area contributed by atoms with Gasteiger partial charge < -0.3 is 24.1 Å². The summed E-state index contributed by atoms with van der Waals surface area (Å²) in [6, 6.07) is 24.6. The Morgan fingerprint density at radius 3 is 2.05 bits per heavy atom. The molecule has 1 aliphatic heterocycles. The molecule has 2 N–H and O–H groups in total. The maximum atomic E-state index is 12.5. The first-order chi connectivity index (χ1) is 19.7. The number of H-pyrrole nitrogens is 1. The van der Waals surface area contributed by atoms with Gasteiger partial charge in [-0.15, -0.1) is 0 Å². The quantitative estimate of drug-likeness (QED) is 0.310. The van der Waals surface area contributed by atoms with Crippen molar-refractivity contribution in [3.63, 3.8) is 0 Å². The molecule has 9 heteroatoms. The molecule has 2 heterocycles. The topological polar surface area (TPSA) is 112 Å². The van der Waals surface area contributed by atoms with Crippen molar-refractivity contribution in [2.24, 2.45) is 0 Å². The third-order valence-corrected chi connectivity index (χ3v) is 7.16. The van der Waals surface area contributed by atoms with Crippen LogP contribution >= 0.6 is 0 Å². The summed E-state index contributed by atoms with van der Waals surface area (Å²) < 4.78 is 33.4. The molecule has 5 rings (SSSR count). The second kappa shape index (κ2) is 11.5. The second-order valence-corrected chi connectivity index (χ2v) is 9.57. The number of hydrogen-bond acceptors (Lipinski definition) is 7. The minimum atomic E-state index is -2.07. The highest BCUT2D eigenvalue weighted by Gasteiger charge is 2.42. The maximum Gasteiger partial charge on any atom is 0.330 e. The summed E-state index contributed by atoms with van der Waals surface area (Å²) >= 11 is 0. The van der Waals surface area contributed by atoms with Crippen molar-refractivity contribution in [2.75, 3.05) is 20.8 Å². The molecule has 1 aliphatic rings. The van der Waals surface area contributed by atoms with Crippen LogP contribution in [0.25, 0.3) is 0 Å². The highest BCUT2D eigenvalue weighted by atomic mass is 16.6. The fourth-order valence-electron chi connectivity index (χ4n) is 5.00. The van der Waals surface area contributed by atoms with Gasteiger partial charge in [0.05, 0.1) is 28.3 Å². The number of benzene rings is 3. The number of hydrogen-bond donors (Lipinski definition) is 2. The van der Waals surface area contributed by atoms with E-state index in [0.29, 0.717) is 17.1 Å². The van der Waals surface area contributed by atoms with Gasteiger partial charge in [0.1, 0.15) is 29.4 Å². The van der Waals surface area contributed by atoms with Gasteiger partial charge in [0.25, 0.3) is 5.56 Å². The number of aliphatic hydroxyl groups is 1. The number of nitrogens with zero attached hydrogens (tertiary/aromatic N) is 1. The average molecular weight is 546 g/mol. The van der Waals surface area contributed by atoms with Crippen LogP contribution in [0.15, 0.2) is 94.6 Å². The van der Waals surface area contributed by atoms with Gasteiger partial charge >= 0.3 is 5.69 Å². The lowest BCUT2D eigenvalue weighted by Gasteiger charge is -2.37. The minimum absolute atomic E-state index is 0.194. The second-order valence-electron chi connectivity index (χ2n) is 9.57. The monoisotopic (exact) mass is 545 g/mol. The van der Waals surface area contributed by atoms with Crippen LogP contribution in [0.3, 0.4) is 0 Å². The highest BCUT2D eigenvalue weighted by molar-refractivity contribution is 5.49. The molecule has 9 nitrogen and oxygen atoms in total. The number of rotatable bonds is 9. The van der Waals surface area contributed by atoms with Gasteiger partial charge in [-0.05, 0) is 47.9 Å². The van der Waals surface area contributed by atoms with Gasteiger partial charge in [-0.3, -0.25) is 14.3 Å². The lowest BCUT2D eigenvalue weighted by atomic mass is 9.80. The fraction of sp³-hybridized carbons (Fsp3) is 0.290. The Labute approximate surface area is 233 Å². The Morgan fingerprint density at radius 1 is 0.950 bits per heavy atom. The first-order valence-electron chi connectivity index (χ1n) is 13.4. The minimum Gasteiger partial charge on any atom is -0.497 e. The smallest absolute Gasteiger partial charge is 0.330 e. The molecule has 208 valence electrons. The highest BCUT2D eigenvalue weighted by Crippen LogP contribution is 2.42. The van der Waals surface area contributed by atoms with E-state index in [9.17, 15) is 14.7 Å². The lowest BCUT2D eigenvalue weighted by Crippen LogP contribution is -2.38. The van der Waals surface area contributed by atoms with E-state index in [2.05, 4.69) is 4.98 Å². The van der Waals surface area contributed by atoms with Crippen LogP contribution in [0, 0.1) is 6.92 Å². The molecule has 1 saturated heterocycles. The number of aromatic amines is 1. The fourth-order valence-corrected chi connectivity index (χ4v) is 5.00. The molecule has 0 unspecified atom stereocenters. The largest absolute Gasteiger partial charge is 0.497 e. The molecular weight excluding hydrogens is 512 g/mol. The third-order valence-electron chi connectivity index (χ3n) is 7.16.